The van der Waals surface area contributed by atoms with Crippen LogP contribution in [0.15, 0.2) is 39.8 Å². The third kappa shape index (κ3) is 9.90. The second-order valence-electron chi connectivity index (χ2n) is 7.66. The number of guanidine groups is 1. The first-order valence-electron chi connectivity index (χ1n) is 10.8. The normalized spacial score (nSPS) is 11.5. The van der Waals surface area contributed by atoms with Gasteiger partial charge in [-0.3, -0.25) is 4.99 Å². The molecule has 0 fully saturated rings. The summed E-state index contributed by atoms with van der Waals surface area (Å²) in [5, 5.41) is 10.8. The highest BCUT2D eigenvalue weighted by Gasteiger charge is 2.13. The van der Waals surface area contributed by atoms with E-state index in [9.17, 15) is 0 Å². The zero-order chi connectivity index (χ0) is 21.8. The van der Waals surface area contributed by atoms with E-state index in [-0.39, 0.29) is 24.0 Å². The molecule has 2 N–H and O–H groups in total. The Bertz CT molecular complexity index is 758. The Kier molecular flexibility index (Phi) is 13.2. The highest BCUT2D eigenvalue weighted by Crippen LogP contribution is 2.22. The molecule has 0 aliphatic carbocycles. The molecule has 1 heterocycles. The van der Waals surface area contributed by atoms with Crippen LogP contribution in [-0.4, -0.2) is 50.3 Å². The van der Waals surface area contributed by atoms with Crippen molar-refractivity contribution in [3.63, 3.8) is 0 Å². The lowest BCUT2D eigenvalue weighted by molar-refractivity contribution is 0.281. The molecular formula is C23H38IN5O2. The van der Waals surface area contributed by atoms with Gasteiger partial charge in [-0.05, 0) is 51.1 Å². The van der Waals surface area contributed by atoms with E-state index >= 15 is 0 Å². The molecule has 0 saturated carbocycles. The third-order valence-corrected chi connectivity index (χ3v) is 5.04. The molecule has 2 rings (SSSR count). The van der Waals surface area contributed by atoms with Gasteiger partial charge < -0.3 is 24.8 Å². The molecule has 1 aromatic carbocycles. The molecule has 0 radical (unpaired) electrons. The van der Waals surface area contributed by atoms with Crippen LogP contribution in [0, 0.1) is 0 Å². The SMILES string of the molecule is CCC(CC)c1cc(CNC(=NC)NCc2ccc(OCCCN(C)C)cc2)on1.I. The van der Waals surface area contributed by atoms with E-state index in [0.717, 1.165) is 61.1 Å². The first-order chi connectivity index (χ1) is 14.5. The fourth-order valence-corrected chi connectivity index (χ4v) is 3.16. The van der Waals surface area contributed by atoms with Crippen molar-refractivity contribution in [2.45, 2.75) is 52.1 Å². The number of hydrogen-bond donors (Lipinski definition) is 2. The van der Waals surface area contributed by atoms with Gasteiger partial charge >= 0.3 is 0 Å². The number of halogens is 1. The van der Waals surface area contributed by atoms with Crippen LogP contribution in [0.25, 0.3) is 0 Å². The van der Waals surface area contributed by atoms with Gasteiger partial charge in [-0.2, -0.15) is 0 Å². The predicted octanol–water partition coefficient (Wildman–Crippen LogP) is 4.39. The van der Waals surface area contributed by atoms with Gasteiger partial charge in [0, 0.05) is 32.1 Å². The minimum Gasteiger partial charge on any atom is -0.494 e. The monoisotopic (exact) mass is 543 g/mol. The number of benzene rings is 1. The second-order valence-corrected chi connectivity index (χ2v) is 7.66. The molecule has 7 nitrogen and oxygen atoms in total. The molecule has 8 heteroatoms. The Labute approximate surface area is 204 Å². The Balaban J connectivity index is 0.00000480. The van der Waals surface area contributed by atoms with Crippen molar-refractivity contribution >= 4 is 29.9 Å². The zero-order valence-electron chi connectivity index (χ0n) is 19.5. The van der Waals surface area contributed by atoms with Gasteiger partial charge in [0.05, 0.1) is 18.8 Å². The van der Waals surface area contributed by atoms with E-state index in [1.54, 1.807) is 7.05 Å². The lowest BCUT2D eigenvalue weighted by Crippen LogP contribution is -2.36. The van der Waals surface area contributed by atoms with Crippen molar-refractivity contribution in [3.05, 3.63) is 47.3 Å². The maximum Gasteiger partial charge on any atom is 0.191 e. The third-order valence-electron chi connectivity index (χ3n) is 5.04. The van der Waals surface area contributed by atoms with E-state index in [1.807, 2.05) is 18.2 Å². The number of rotatable bonds is 12. The first-order valence-corrected chi connectivity index (χ1v) is 10.8. The molecule has 0 atom stereocenters. The molecular weight excluding hydrogens is 505 g/mol. The number of hydrogen-bond acceptors (Lipinski definition) is 5. The summed E-state index contributed by atoms with van der Waals surface area (Å²) in [5.74, 6) is 2.90. The fraction of sp³-hybridized carbons (Fsp3) is 0.565. The Morgan fingerprint density at radius 2 is 1.81 bits per heavy atom. The number of aromatic nitrogens is 1. The summed E-state index contributed by atoms with van der Waals surface area (Å²) in [5.41, 5.74) is 2.19. The number of nitrogens with one attached hydrogen (secondary N) is 2. The molecule has 0 spiro atoms. The van der Waals surface area contributed by atoms with Crippen molar-refractivity contribution < 1.29 is 9.26 Å². The molecule has 31 heavy (non-hydrogen) atoms. The van der Waals surface area contributed by atoms with Gasteiger partial charge in [-0.1, -0.05) is 31.1 Å². The van der Waals surface area contributed by atoms with Crippen LogP contribution in [-0.2, 0) is 13.1 Å². The first kappa shape index (κ1) is 27.2. The van der Waals surface area contributed by atoms with E-state index in [4.69, 9.17) is 9.26 Å². The summed E-state index contributed by atoms with van der Waals surface area (Å²) in [6, 6.07) is 10.2. The standard InChI is InChI=1S/C23H37N5O2.HI/c1-6-19(7-2)22-15-21(30-27-22)17-26-23(24-3)25-16-18-9-11-20(12-10-18)29-14-8-13-28(4)5;/h9-12,15,19H,6-8,13-14,16-17H2,1-5H3,(H2,24,25,26);1H. The topological polar surface area (TPSA) is 74.9 Å². The highest BCUT2D eigenvalue weighted by atomic mass is 127. The molecule has 174 valence electrons. The molecule has 1 aromatic heterocycles. The summed E-state index contributed by atoms with van der Waals surface area (Å²) in [6.45, 7) is 7.34. The van der Waals surface area contributed by atoms with E-state index in [2.05, 4.69) is 65.8 Å². The lowest BCUT2D eigenvalue weighted by Gasteiger charge is -2.12. The van der Waals surface area contributed by atoms with Crippen molar-refractivity contribution in [2.24, 2.45) is 4.99 Å². The lowest BCUT2D eigenvalue weighted by atomic mass is 9.99. The quantitative estimate of drug-likeness (QED) is 0.179. The maximum absolute atomic E-state index is 5.78. The van der Waals surface area contributed by atoms with E-state index in [1.165, 1.54) is 0 Å². The molecule has 0 aliphatic rings. The van der Waals surface area contributed by atoms with E-state index < -0.39 is 0 Å². The largest absolute Gasteiger partial charge is 0.494 e. The summed E-state index contributed by atoms with van der Waals surface area (Å²) in [6.07, 6.45) is 3.15. The van der Waals surface area contributed by atoms with Gasteiger partial charge in [-0.15, -0.1) is 24.0 Å². The Morgan fingerprint density at radius 3 is 2.42 bits per heavy atom. The van der Waals surface area contributed by atoms with Crippen LogP contribution in [0.1, 0.15) is 56.0 Å². The predicted molar refractivity (Wildman–Crippen MR) is 137 cm³/mol. The maximum atomic E-state index is 5.78. The minimum atomic E-state index is 0. The van der Waals surface area contributed by atoms with Crippen molar-refractivity contribution in [3.8, 4) is 5.75 Å². The van der Waals surface area contributed by atoms with Crippen LogP contribution in [0.4, 0.5) is 0 Å². The molecule has 0 bridgehead atoms. The van der Waals surface area contributed by atoms with Gasteiger partial charge in [0.15, 0.2) is 11.7 Å². The average molecular weight is 543 g/mol. The Hall–Kier alpha value is -1.81. The van der Waals surface area contributed by atoms with Gasteiger partial charge in [-0.25, -0.2) is 0 Å². The molecule has 0 saturated heterocycles. The van der Waals surface area contributed by atoms with Gasteiger partial charge in [0.25, 0.3) is 0 Å². The van der Waals surface area contributed by atoms with Crippen LogP contribution in [0.5, 0.6) is 5.75 Å². The average Bonchev–Trinajstić information content (AvgIpc) is 3.22. The molecule has 0 amide bonds. The number of aliphatic imine (C=N–C) groups is 1. The van der Waals surface area contributed by atoms with Crippen LogP contribution in [0.3, 0.4) is 0 Å². The van der Waals surface area contributed by atoms with Crippen LogP contribution in [0.2, 0.25) is 0 Å². The highest BCUT2D eigenvalue weighted by molar-refractivity contribution is 14.0. The summed E-state index contributed by atoms with van der Waals surface area (Å²) >= 11 is 0. The van der Waals surface area contributed by atoms with Crippen molar-refractivity contribution in [1.82, 2.24) is 20.7 Å². The molecule has 0 aliphatic heterocycles. The number of ether oxygens (including phenoxy) is 1. The van der Waals surface area contributed by atoms with Crippen molar-refractivity contribution in [1.29, 1.82) is 0 Å². The van der Waals surface area contributed by atoms with E-state index in [0.29, 0.717) is 19.0 Å². The minimum absolute atomic E-state index is 0. The van der Waals surface area contributed by atoms with Crippen LogP contribution >= 0.6 is 24.0 Å². The zero-order valence-corrected chi connectivity index (χ0v) is 21.8. The van der Waals surface area contributed by atoms with Crippen LogP contribution < -0.4 is 15.4 Å². The number of nitrogens with zero attached hydrogens (tertiary/aromatic N) is 3. The summed E-state index contributed by atoms with van der Waals surface area (Å²) in [4.78, 5) is 6.44. The second kappa shape index (κ2) is 15.1. The molecule has 2 aromatic rings. The van der Waals surface area contributed by atoms with Gasteiger partial charge in [0.1, 0.15) is 5.75 Å². The van der Waals surface area contributed by atoms with Crippen molar-refractivity contribution in [2.75, 3.05) is 34.3 Å². The molecule has 0 unspecified atom stereocenters. The Morgan fingerprint density at radius 1 is 1.13 bits per heavy atom. The smallest absolute Gasteiger partial charge is 0.191 e. The summed E-state index contributed by atoms with van der Waals surface area (Å²) in [7, 11) is 5.90. The summed E-state index contributed by atoms with van der Waals surface area (Å²) < 4.78 is 11.2. The fourth-order valence-electron chi connectivity index (χ4n) is 3.16. The van der Waals surface area contributed by atoms with Gasteiger partial charge in [0.2, 0.25) is 0 Å².